The quantitative estimate of drug-likeness (QED) is 0.397. The number of carbonyl (C=O) groups excluding carboxylic acids is 2. The Kier molecular flexibility index (Phi) is 9.53. The number of carbonyl (C=O) groups is 2. The van der Waals surface area contributed by atoms with Crippen LogP contribution in [0.3, 0.4) is 0 Å². The molecule has 0 aliphatic rings. The molecule has 0 aliphatic heterocycles. The van der Waals surface area contributed by atoms with Crippen molar-refractivity contribution in [2.75, 3.05) is 24.2 Å². The number of anilines is 1. The maximum absolute atomic E-state index is 14.6. The van der Waals surface area contributed by atoms with Gasteiger partial charge < -0.3 is 10.2 Å². The number of nitrogens with zero attached hydrogens (tertiary/aromatic N) is 2. The van der Waals surface area contributed by atoms with Gasteiger partial charge in [-0.05, 0) is 23.8 Å². The molecule has 37 heavy (non-hydrogen) atoms. The van der Waals surface area contributed by atoms with Crippen molar-refractivity contribution in [1.29, 1.82) is 0 Å². The number of amides is 2. The number of hydrogen-bond donors (Lipinski definition) is 1. The van der Waals surface area contributed by atoms with Crippen LogP contribution in [0.4, 0.5) is 10.1 Å². The molecule has 0 saturated carbocycles. The SMILES string of the molecule is CNC(=O)[C@@H](Cc1ccccc1)N(Cc1ccccc1F)C(=O)CN(c1cccc(Cl)c1Cl)S(C)(=O)=O. The maximum atomic E-state index is 14.6. The smallest absolute Gasteiger partial charge is 0.244 e. The highest BCUT2D eigenvalue weighted by molar-refractivity contribution is 7.92. The molecule has 3 aromatic rings. The number of benzene rings is 3. The van der Waals surface area contributed by atoms with Gasteiger partial charge in [-0.1, -0.05) is 77.8 Å². The Labute approximate surface area is 225 Å². The van der Waals surface area contributed by atoms with Gasteiger partial charge in [0.25, 0.3) is 0 Å². The molecule has 0 aromatic heterocycles. The van der Waals surface area contributed by atoms with Gasteiger partial charge in [0.15, 0.2) is 0 Å². The van der Waals surface area contributed by atoms with Gasteiger partial charge in [-0.25, -0.2) is 12.8 Å². The van der Waals surface area contributed by atoms with Crippen LogP contribution in [-0.4, -0.2) is 51.0 Å². The molecule has 0 aliphatic carbocycles. The number of rotatable bonds is 10. The minimum Gasteiger partial charge on any atom is -0.357 e. The molecule has 3 rings (SSSR count). The van der Waals surface area contributed by atoms with Crippen LogP contribution in [0.2, 0.25) is 10.0 Å². The molecule has 11 heteroatoms. The summed E-state index contributed by atoms with van der Waals surface area (Å²) in [6.07, 6.45) is 1.05. The zero-order valence-corrected chi connectivity index (χ0v) is 22.5. The van der Waals surface area contributed by atoms with E-state index in [1.807, 2.05) is 6.07 Å². The van der Waals surface area contributed by atoms with Crippen molar-refractivity contribution in [2.45, 2.75) is 19.0 Å². The summed E-state index contributed by atoms with van der Waals surface area (Å²) in [5.74, 6) is -1.77. The van der Waals surface area contributed by atoms with E-state index in [0.717, 1.165) is 16.1 Å². The largest absolute Gasteiger partial charge is 0.357 e. The summed E-state index contributed by atoms with van der Waals surface area (Å²) < 4.78 is 40.9. The minimum atomic E-state index is -4.01. The molecule has 196 valence electrons. The molecule has 0 heterocycles. The zero-order chi connectivity index (χ0) is 27.2. The Morgan fingerprint density at radius 2 is 1.62 bits per heavy atom. The van der Waals surface area contributed by atoms with Gasteiger partial charge in [0.2, 0.25) is 21.8 Å². The van der Waals surface area contributed by atoms with Gasteiger partial charge in [-0.2, -0.15) is 0 Å². The number of halogens is 3. The van der Waals surface area contributed by atoms with Crippen LogP contribution in [0.25, 0.3) is 0 Å². The number of nitrogens with one attached hydrogen (secondary N) is 1. The Balaban J connectivity index is 2.07. The Bertz CT molecular complexity index is 1370. The highest BCUT2D eigenvalue weighted by atomic mass is 35.5. The third kappa shape index (κ3) is 7.21. The van der Waals surface area contributed by atoms with E-state index >= 15 is 0 Å². The molecule has 0 bridgehead atoms. The van der Waals surface area contributed by atoms with E-state index in [0.29, 0.717) is 0 Å². The Morgan fingerprint density at radius 1 is 0.973 bits per heavy atom. The summed E-state index contributed by atoms with van der Waals surface area (Å²) in [4.78, 5) is 28.0. The predicted molar refractivity (Wildman–Crippen MR) is 144 cm³/mol. The van der Waals surface area contributed by atoms with E-state index in [-0.39, 0.29) is 34.3 Å². The van der Waals surface area contributed by atoms with Crippen molar-refractivity contribution in [3.8, 4) is 0 Å². The summed E-state index contributed by atoms with van der Waals surface area (Å²) in [6.45, 7) is -0.951. The van der Waals surface area contributed by atoms with Crippen LogP contribution in [0.15, 0.2) is 72.8 Å². The molecule has 0 spiro atoms. The first-order valence-corrected chi connectivity index (χ1v) is 13.8. The molecule has 7 nitrogen and oxygen atoms in total. The van der Waals surface area contributed by atoms with Gasteiger partial charge in [-0.3, -0.25) is 13.9 Å². The first kappa shape index (κ1) is 28.4. The molecular weight excluding hydrogens is 540 g/mol. The molecule has 3 aromatic carbocycles. The molecular formula is C26H26Cl2FN3O4S. The first-order valence-electron chi connectivity index (χ1n) is 11.2. The lowest BCUT2D eigenvalue weighted by atomic mass is 10.0. The van der Waals surface area contributed by atoms with E-state index in [1.165, 1.54) is 48.3 Å². The fraction of sp³-hybridized carbons (Fsp3) is 0.231. The second kappa shape index (κ2) is 12.4. The molecule has 2 amide bonds. The van der Waals surface area contributed by atoms with E-state index in [2.05, 4.69) is 5.32 Å². The van der Waals surface area contributed by atoms with E-state index in [9.17, 15) is 22.4 Å². The minimum absolute atomic E-state index is 0.00964. The van der Waals surface area contributed by atoms with Crippen molar-refractivity contribution in [1.82, 2.24) is 10.2 Å². The van der Waals surface area contributed by atoms with E-state index in [1.54, 1.807) is 30.3 Å². The van der Waals surface area contributed by atoms with Crippen LogP contribution in [0, 0.1) is 5.82 Å². The van der Waals surface area contributed by atoms with Crippen molar-refractivity contribution in [2.24, 2.45) is 0 Å². The Hall–Kier alpha value is -3.14. The first-order chi connectivity index (χ1) is 17.5. The van der Waals surface area contributed by atoms with Gasteiger partial charge in [0, 0.05) is 25.6 Å². The van der Waals surface area contributed by atoms with Gasteiger partial charge in [0.1, 0.15) is 18.4 Å². The normalized spacial score (nSPS) is 12.0. The molecule has 0 unspecified atom stereocenters. The predicted octanol–water partition coefficient (Wildman–Crippen LogP) is 4.28. The van der Waals surface area contributed by atoms with Crippen molar-refractivity contribution in [3.05, 3.63) is 99.8 Å². The van der Waals surface area contributed by atoms with Crippen LogP contribution >= 0.6 is 23.2 Å². The summed E-state index contributed by atoms with van der Waals surface area (Å²) in [7, 11) is -2.58. The lowest BCUT2D eigenvalue weighted by Gasteiger charge is -2.33. The number of likely N-dealkylation sites (N-methyl/N-ethyl adjacent to an activating group) is 1. The van der Waals surface area contributed by atoms with Crippen LogP contribution in [0.5, 0.6) is 0 Å². The third-order valence-corrected chi connectivity index (χ3v) is 7.63. The fourth-order valence-electron chi connectivity index (χ4n) is 3.81. The van der Waals surface area contributed by atoms with Crippen molar-refractivity contribution in [3.63, 3.8) is 0 Å². The average molecular weight is 566 g/mol. The molecule has 0 fully saturated rings. The summed E-state index contributed by atoms with van der Waals surface area (Å²) in [5, 5.41) is 2.62. The highest BCUT2D eigenvalue weighted by Crippen LogP contribution is 2.34. The summed E-state index contributed by atoms with van der Waals surface area (Å²) in [6, 6.07) is 18.2. The summed E-state index contributed by atoms with van der Waals surface area (Å²) in [5.41, 5.74) is 0.945. The van der Waals surface area contributed by atoms with Crippen molar-refractivity contribution < 1.29 is 22.4 Å². The summed E-state index contributed by atoms with van der Waals surface area (Å²) >= 11 is 12.4. The zero-order valence-electron chi connectivity index (χ0n) is 20.2. The highest BCUT2D eigenvalue weighted by Gasteiger charge is 2.33. The molecule has 1 atom stereocenters. The van der Waals surface area contributed by atoms with E-state index < -0.39 is 40.2 Å². The number of hydrogen-bond acceptors (Lipinski definition) is 4. The molecule has 1 N–H and O–H groups in total. The molecule has 0 radical (unpaired) electrons. The average Bonchev–Trinajstić information content (AvgIpc) is 2.87. The monoisotopic (exact) mass is 565 g/mol. The van der Waals surface area contributed by atoms with Gasteiger partial charge in [-0.15, -0.1) is 0 Å². The van der Waals surface area contributed by atoms with Crippen LogP contribution < -0.4 is 9.62 Å². The van der Waals surface area contributed by atoms with Crippen LogP contribution in [0.1, 0.15) is 11.1 Å². The van der Waals surface area contributed by atoms with Crippen LogP contribution in [-0.2, 0) is 32.6 Å². The Morgan fingerprint density at radius 3 is 2.24 bits per heavy atom. The molecule has 0 saturated heterocycles. The van der Waals surface area contributed by atoms with Crippen molar-refractivity contribution >= 4 is 50.7 Å². The third-order valence-electron chi connectivity index (χ3n) is 5.70. The maximum Gasteiger partial charge on any atom is 0.244 e. The second-order valence-electron chi connectivity index (χ2n) is 8.28. The van der Waals surface area contributed by atoms with Gasteiger partial charge >= 0.3 is 0 Å². The van der Waals surface area contributed by atoms with E-state index in [4.69, 9.17) is 23.2 Å². The number of sulfonamides is 1. The standard InChI is InChI=1S/C26H26Cl2FN3O4S/c1-30-26(34)23(15-18-9-4-3-5-10-18)31(16-19-11-6-7-13-21(19)29)24(33)17-32(37(2,35)36)22-14-8-12-20(27)25(22)28/h3-14,23H,15-17H2,1-2H3,(H,30,34)/t23-/m1/s1. The van der Waals surface area contributed by atoms with Gasteiger partial charge in [0.05, 0.1) is 22.0 Å². The second-order valence-corrected chi connectivity index (χ2v) is 11.0. The lowest BCUT2D eigenvalue weighted by Crippen LogP contribution is -2.53. The fourth-order valence-corrected chi connectivity index (χ4v) is 5.11. The lowest BCUT2D eigenvalue weighted by molar-refractivity contribution is -0.139. The topological polar surface area (TPSA) is 86.8 Å².